The zero-order valence-electron chi connectivity index (χ0n) is 18.1. The fourth-order valence-electron chi connectivity index (χ4n) is 2.75. The molecule has 1 heterocycles. The lowest BCUT2D eigenvalue weighted by atomic mass is 10.1. The number of hydrogen-bond acceptors (Lipinski definition) is 6. The zero-order chi connectivity index (χ0) is 22.6. The van der Waals surface area contributed by atoms with Crippen molar-refractivity contribution in [2.75, 3.05) is 19.4 Å². The van der Waals surface area contributed by atoms with Crippen LogP contribution in [0, 0.1) is 13.8 Å². The first-order chi connectivity index (χ1) is 14.0. The van der Waals surface area contributed by atoms with E-state index in [-0.39, 0.29) is 4.90 Å². The number of nitrogens with zero attached hydrogens (tertiary/aromatic N) is 1. The number of benzene rings is 1. The fourth-order valence-corrected chi connectivity index (χ4v) is 4.63. The molecule has 30 heavy (non-hydrogen) atoms. The predicted octanol–water partition coefficient (Wildman–Crippen LogP) is 3.75. The Balaban J connectivity index is 2.12. The Bertz CT molecular complexity index is 1040. The van der Waals surface area contributed by atoms with Gasteiger partial charge in [-0.15, -0.1) is 11.3 Å². The molecule has 1 aromatic carbocycles. The Labute approximate surface area is 182 Å². The molecule has 0 radical (unpaired) electrons. The molecule has 1 aromatic heterocycles. The molecule has 0 aliphatic heterocycles. The fraction of sp³-hybridized carbons (Fsp3) is 0.429. The number of sulfonamides is 1. The molecule has 0 fully saturated rings. The lowest BCUT2D eigenvalue weighted by Gasteiger charge is -2.16. The molecular weight excluding hydrogens is 424 g/mol. The van der Waals surface area contributed by atoms with Crippen molar-refractivity contribution in [3.63, 3.8) is 0 Å². The molecule has 0 spiro atoms. The highest BCUT2D eigenvalue weighted by atomic mass is 32.2. The van der Waals surface area contributed by atoms with Crippen LogP contribution in [0.4, 0.5) is 5.69 Å². The molecule has 2 aromatic rings. The summed E-state index contributed by atoms with van der Waals surface area (Å²) in [5.74, 6) is -1.08. The molecule has 2 rings (SSSR count). The van der Waals surface area contributed by atoms with Crippen LogP contribution in [0.2, 0.25) is 0 Å². The Morgan fingerprint density at radius 1 is 1.20 bits per heavy atom. The average Bonchev–Trinajstić information content (AvgIpc) is 3.04. The monoisotopic (exact) mass is 452 g/mol. The van der Waals surface area contributed by atoms with Crippen LogP contribution in [0.15, 0.2) is 29.2 Å². The number of thiophene rings is 1. The Hall–Kier alpha value is -2.23. The minimum atomic E-state index is -3.64. The second kappa shape index (κ2) is 9.72. The van der Waals surface area contributed by atoms with Crippen LogP contribution in [0.1, 0.15) is 45.9 Å². The second-order valence-corrected chi connectivity index (χ2v) is 10.7. The lowest BCUT2D eigenvalue weighted by Crippen LogP contribution is -2.30. The first kappa shape index (κ1) is 24.0. The first-order valence-electron chi connectivity index (χ1n) is 9.61. The SMILES string of the molecule is CCCc1cc(C(=O)OC(C)C(=O)Nc2cc(S(=O)(=O)N(C)C)ccc2C)sc1C. The standard InChI is InChI=1S/C21H28N2O5S2/c1-7-8-16-11-19(29-15(16)4)21(25)28-14(3)20(24)22-18-12-17(10-9-13(18)2)30(26,27)23(5)6/h9-12,14H,7-8H2,1-6H3,(H,22,24). The molecule has 0 aliphatic rings. The van der Waals surface area contributed by atoms with Gasteiger partial charge in [0.2, 0.25) is 10.0 Å². The topological polar surface area (TPSA) is 92.8 Å². The third-order valence-corrected chi connectivity index (χ3v) is 7.52. The van der Waals surface area contributed by atoms with Crippen molar-refractivity contribution < 1.29 is 22.7 Å². The van der Waals surface area contributed by atoms with Crippen molar-refractivity contribution in [1.82, 2.24) is 4.31 Å². The van der Waals surface area contributed by atoms with Crippen LogP contribution in [-0.4, -0.2) is 44.8 Å². The number of rotatable bonds is 8. The van der Waals surface area contributed by atoms with Gasteiger partial charge in [-0.05, 0) is 56.5 Å². The van der Waals surface area contributed by atoms with Gasteiger partial charge in [0.15, 0.2) is 6.10 Å². The predicted molar refractivity (Wildman–Crippen MR) is 119 cm³/mol. The number of carbonyl (C=O) groups is 2. The normalized spacial score (nSPS) is 12.6. The third kappa shape index (κ3) is 5.47. The molecule has 1 amide bonds. The maximum atomic E-state index is 12.6. The van der Waals surface area contributed by atoms with Crippen LogP contribution in [-0.2, 0) is 26.0 Å². The molecular formula is C21H28N2O5S2. The van der Waals surface area contributed by atoms with E-state index in [0.717, 1.165) is 27.6 Å². The van der Waals surface area contributed by atoms with E-state index in [4.69, 9.17) is 4.74 Å². The maximum Gasteiger partial charge on any atom is 0.349 e. The van der Waals surface area contributed by atoms with Crippen LogP contribution >= 0.6 is 11.3 Å². The largest absolute Gasteiger partial charge is 0.448 e. The highest BCUT2D eigenvalue weighted by Gasteiger charge is 2.23. The van der Waals surface area contributed by atoms with E-state index in [1.165, 1.54) is 44.5 Å². The molecule has 0 saturated carbocycles. The molecule has 0 saturated heterocycles. The van der Waals surface area contributed by atoms with Gasteiger partial charge in [-0.1, -0.05) is 19.4 Å². The third-order valence-electron chi connectivity index (χ3n) is 4.64. The van der Waals surface area contributed by atoms with E-state index in [9.17, 15) is 18.0 Å². The minimum Gasteiger partial charge on any atom is -0.448 e. The molecule has 0 bridgehead atoms. The summed E-state index contributed by atoms with van der Waals surface area (Å²) < 4.78 is 31.1. The highest BCUT2D eigenvalue weighted by molar-refractivity contribution is 7.89. The summed E-state index contributed by atoms with van der Waals surface area (Å²) in [6.45, 7) is 7.26. The number of carbonyl (C=O) groups excluding carboxylic acids is 2. The smallest absolute Gasteiger partial charge is 0.349 e. The van der Waals surface area contributed by atoms with Crippen molar-refractivity contribution in [1.29, 1.82) is 0 Å². The van der Waals surface area contributed by atoms with Crippen LogP contribution < -0.4 is 5.32 Å². The molecule has 164 valence electrons. The van der Waals surface area contributed by atoms with Crippen molar-refractivity contribution in [3.05, 3.63) is 45.1 Å². The van der Waals surface area contributed by atoms with Gasteiger partial charge in [0.25, 0.3) is 5.91 Å². The van der Waals surface area contributed by atoms with Crippen molar-refractivity contribution in [2.45, 2.75) is 51.5 Å². The van der Waals surface area contributed by atoms with Gasteiger partial charge in [-0.3, -0.25) is 4.79 Å². The number of hydrogen-bond donors (Lipinski definition) is 1. The van der Waals surface area contributed by atoms with Crippen molar-refractivity contribution in [3.8, 4) is 0 Å². The summed E-state index contributed by atoms with van der Waals surface area (Å²) in [4.78, 5) is 26.6. The summed E-state index contributed by atoms with van der Waals surface area (Å²) >= 11 is 1.35. The van der Waals surface area contributed by atoms with E-state index in [2.05, 4.69) is 12.2 Å². The summed E-state index contributed by atoms with van der Waals surface area (Å²) in [5, 5.41) is 2.66. The van der Waals surface area contributed by atoms with E-state index in [1.807, 2.05) is 13.0 Å². The second-order valence-electron chi connectivity index (χ2n) is 7.24. The van der Waals surface area contributed by atoms with Crippen molar-refractivity contribution >= 4 is 38.9 Å². The molecule has 9 heteroatoms. The summed E-state index contributed by atoms with van der Waals surface area (Å²) in [6, 6.07) is 6.32. The number of aryl methyl sites for hydroxylation is 3. The highest BCUT2D eigenvalue weighted by Crippen LogP contribution is 2.25. The maximum absolute atomic E-state index is 12.6. The Morgan fingerprint density at radius 3 is 2.47 bits per heavy atom. The van der Waals surface area contributed by atoms with Crippen LogP contribution in [0.5, 0.6) is 0 Å². The summed E-state index contributed by atoms with van der Waals surface area (Å²) in [5.41, 5.74) is 2.15. The number of ether oxygens (including phenoxy) is 1. The number of esters is 1. The zero-order valence-corrected chi connectivity index (χ0v) is 19.7. The molecule has 1 unspecified atom stereocenters. The Morgan fingerprint density at radius 2 is 1.87 bits per heavy atom. The van der Waals surface area contributed by atoms with E-state index in [1.54, 1.807) is 13.0 Å². The van der Waals surface area contributed by atoms with E-state index >= 15 is 0 Å². The number of anilines is 1. The van der Waals surface area contributed by atoms with Gasteiger partial charge in [-0.2, -0.15) is 0 Å². The van der Waals surface area contributed by atoms with E-state index in [0.29, 0.717) is 16.1 Å². The molecule has 0 aliphatic carbocycles. The van der Waals surface area contributed by atoms with Gasteiger partial charge >= 0.3 is 5.97 Å². The van der Waals surface area contributed by atoms with Crippen molar-refractivity contribution in [2.24, 2.45) is 0 Å². The van der Waals surface area contributed by atoms with Gasteiger partial charge in [-0.25, -0.2) is 17.5 Å². The summed E-state index contributed by atoms with van der Waals surface area (Å²) in [6.07, 6.45) is 0.826. The van der Waals surface area contributed by atoms with Gasteiger partial charge in [0.1, 0.15) is 4.88 Å². The molecule has 1 N–H and O–H groups in total. The quantitative estimate of drug-likeness (QED) is 0.616. The first-order valence-corrected chi connectivity index (χ1v) is 11.9. The van der Waals surface area contributed by atoms with Crippen LogP contribution in [0.25, 0.3) is 0 Å². The lowest BCUT2D eigenvalue weighted by molar-refractivity contribution is -0.123. The summed E-state index contributed by atoms with van der Waals surface area (Å²) in [7, 11) is -0.760. The van der Waals surface area contributed by atoms with Gasteiger partial charge < -0.3 is 10.1 Å². The minimum absolute atomic E-state index is 0.0653. The Kier molecular flexibility index (Phi) is 7.79. The van der Waals surface area contributed by atoms with Crippen LogP contribution in [0.3, 0.4) is 0 Å². The van der Waals surface area contributed by atoms with Gasteiger partial charge in [0, 0.05) is 24.7 Å². The number of amides is 1. The average molecular weight is 453 g/mol. The number of nitrogens with one attached hydrogen (secondary N) is 1. The van der Waals surface area contributed by atoms with E-state index < -0.39 is 28.0 Å². The molecule has 7 nitrogen and oxygen atoms in total. The molecule has 1 atom stereocenters. The van der Waals surface area contributed by atoms with Gasteiger partial charge in [0.05, 0.1) is 4.90 Å².